The summed E-state index contributed by atoms with van der Waals surface area (Å²) in [6.07, 6.45) is 6.31. The van der Waals surface area contributed by atoms with Crippen molar-refractivity contribution in [2.75, 3.05) is 45.9 Å². The number of unbranched alkanes of at least 4 members (excludes halogenated alkanes) is 1. The number of hydrogen-bond donors (Lipinski definition) is 0. The number of carbonyl (C=O) groups excluding carboxylic acids is 1. The number of aryl methyl sites for hydroxylation is 1. The van der Waals surface area contributed by atoms with E-state index in [1.165, 1.54) is 11.4 Å². The fourth-order valence-corrected chi connectivity index (χ4v) is 4.45. The quantitative estimate of drug-likeness (QED) is 0.709. The van der Waals surface area contributed by atoms with Crippen LogP contribution in [-0.4, -0.2) is 61.6 Å². The number of morpholine rings is 1. The number of hydrogen-bond acceptors (Lipinski definition) is 4. The van der Waals surface area contributed by atoms with E-state index in [-0.39, 0.29) is 0 Å². The Hall–Kier alpha value is -0.910. The number of piperidine rings is 1. The number of rotatable bonds is 7. The molecule has 0 aromatic carbocycles. The van der Waals surface area contributed by atoms with Crippen molar-refractivity contribution in [3.8, 4) is 0 Å². The highest BCUT2D eigenvalue weighted by Crippen LogP contribution is 2.20. The van der Waals surface area contributed by atoms with Gasteiger partial charge >= 0.3 is 0 Å². The number of nitrogens with zero attached hydrogens (tertiary/aromatic N) is 2. The molecule has 0 atom stereocenters. The maximum Gasteiger partial charge on any atom is 0.222 e. The fraction of sp³-hybridized carbons (Fsp3) is 0.737. The van der Waals surface area contributed by atoms with E-state index >= 15 is 0 Å². The second kappa shape index (κ2) is 9.54. The van der Waals surface area contributed by atoms with Gasteiger partial charge in [0.2, 0.25) is 5.91 Å². The molecule has 1 aromatic rings. The van der Waals surface area contributed by atoms with Gasteiger partial charge in [0, 0.05) is 44.0 Å². The minimum absolute atomic E-state index is 0.367. The van der Waals surface area contributed by atoms with E-state index in [1.54, 1.807) is 0 Å². The maximum absolute atomic E-state index is 12.4. The largest absolute Gasteiger partial charge is 0.379 e. The fourth-order valence-electron chi connectivity index (χ4n) is 3.70. The molecule has 2 fully saturated rings. The summed E-state index contributed by atoms with van der Waals surface area (Å²) in [5.41, 5.74) is 0. The zero-order valence-electron chi connectivity index (χ0n) is 14.6. The molecule has 0 radical (unpaired) electrons. The van der Waals surface area contributed by atoms with Crippen molar-refractivity contribution < 1.29 is 9.53 Å². The predicted octanol–water partition coefficient (Wildman–Crippen LogP) is 3.03. The lowest BCUT2D eigenvalue weighted by Crippen LogP contribution is -2.44. The van der Waals surface area contributed by atoms with E-state index in [9.17, 15) is 4.79 Å². The molecule has 2 aliphatic heterocycles. The molecule has 2 saturated heterocycles. The van der Waals surface area contributed by atoms with Gasteiger partial charge in [-0.1, -0.05) is 6.07 Å². The van der Waals surface area contributed by atoms with E-state index in [0.717, 1.165) is 83.8 Å². The Bertz CT molecular complexity index is 478. The van der Waals surface area contributed by atoms with Crippen LogP contribution in [0.15, 0.2) is 17.5 Å². The van der Waals surface area contributed by atoms with Crippen LogP contribution in [0.5, 0.6) is 0 Å². The number of ether oxygens (including phenoxy) is 1. The summed E-state index contributed by atoms with van der Waals surface area (Å²) in [4.78, 5) is 18.4. The third-order valence-corrected chi connectivity index (χ3v) is 6.17. The van der Waals surface area contributed by atoms with Crippen LogP contribution in [0.3, 0.4) is 0 Å². The lowest BCUT2D eigenvalue weighted by molar-refractivity contribution is -0.132. The Labute approximate surface area is 149 Å². The zero-order valence-corrected chi connectivity index (χ0v) is 15.4. The smallest absolute Gasteiger partial charge is 0.222 e. The van der Waals surface area contributed by atoms with Crippen molar-refractivity contribution in [3.05, 3.63) is 22.4 Å². The molecular formula is C19H30N2O2S. The Morgan fingerprint density at radius 2 is 1.96 bits per heavy atom. The topological polar surface area (TPSA) is 32.8 Å². The van der Waals surface area contributed by atoms with E-state index in [2.05, 4.69) is 27.3 Å². The van der Waals surface area contributed by atoms with E-state index in [4.69, 9.17) is 4.74 Å². The molecular weight excluding hydrogens is 320 g/mol. The Morgan fingerprint density at radius 1 is 1.17 bits per heavy atom. The molecule has 3 rings (SSSR count). The van der Waals surface area contributed by atoms with Gasteiger partial charge in [-0.25, -0.2) is 0 Å². The molecule has 5 heteroatoms. The molecule has 1 amide bonds. The number of thiophene rings is 1. The molecule has 0 aliphatic carbocycles. The van der Waals surface area contributed by atoms with E-state index in [1.807, 2.05) is 11.3 Å². The summed E-state index contributed by atoms with van der Waals surface area (Å²) in [7, 11) is 0. The van der Waals surface area contributed by atoms with Crippen molar-refractivity contribution in [1.29, 1.82) is 0 Å². The third kappa shape index (κ3) is 5.57. The lowest BCUT2D eigenvalue weighted by atomic mass is 9.95. The van der Waals surface area contributed by atoms with Crippen molar-refractivity contribution in [2.24, 2.45) is 5.92 Å². The summed E-state index contributed by atoms with van der Waals surface area (Å²) in [5.74, 6) is 1.12. The highest BCUT2D eigenvalue weighted by molar-refractivity contribution is 7.09. The molecule has 0 saturated carbocycles. The molecule has 24 heavy (non-hydrogen) atoms. The molecule has 2 aliphatic rings. The van der Waals surface area contributed by atoms with Crippen LogP contribution < -0.4 is 0 Å². The van der Waals surface area contributed by atoms with Crippen LogP contribution in [0, 0.1) is 5.92 Å². The zero-order chi connectivity index (χ0) is 16.6. The first-order chi connectivity index (χ1) is 11.8. The van der Waals surface area contributed by atoms with Crippen LogP contribution in [0.25, 0.3) is 0 Å². The van der Waals surface area contributed by atoms with Crippen LogP contribution in [0.4, 0.5) is 0 Å². The molecule has 1 aromatic heterocycles. The van der Waals surface area contributed by atoms with Crippen LogP contribution >= 0.6 is 11.3 Å². The van der Waals surface area contributed by atoms with Gasteiger partial charge in [0.05, 0.1) is 13.2 Å². The average molecular weight is 351 g/mol. The van der Waals surface area contributed by atoms with Crippen LogP contribution in [-0.2, 0) is 16.0 Å². The molecule has 3 heterocycles. The van der Waals surface area contributed by atoms with Crippen LogP contribution in [0.1, 0.15) is 37.0 Å². The van der Waals surface area contributed by atoms with Crippen LogP contribution in [0.2, 0.25) is 0 Å². The molecule has 0 unspecified atom stereocenters. The average Bonchev–Trinajstić information content (AvgIpc) is 3.13. The van der Waals surface area contributed by atoms with Gasteiger partial charge in [0.15, 0.2) is 0 Å². The van der Waals surface area contributed by atoms with E-state index in [0.29, 0.717) is 5.91 Å². The normalized spacial score (nSPS) is 20.4. The third-order valence-electron chi connectivity index (χ3n) is 5.23. The molecule has 134 valence electrons. The van der Waals surface area contributed by atoms with Gasteiger partial charge in [0.1, 0.15) is 0 Å². The van der Waals surface area contributed by atoms with Crippen molar-refractivity contribution >= 4 is 17.2 Å². The Morgan fingerprint density at radius 3 is 2.67 bits per heavy atom. The minimum atomic E-state index is 0.367. The minimum Gasteiger partial charge on any atom is -0.379 e. The van der Waals surface area contributed by atoms with Gasteiger partial charge in [-0.2, -0.15) is 0 Å². The van der Waals surface area contributed by atoms with Gasteiger partial charge in [0.25, 0.3) is 0 Å². The van der Waals surface area contributed by atoms with Crippen molar-refractivity contribution in [2.45, 2.75) is 38.5 Å². The van der Waals surface area contributed by atoms with Gasteiger partial charge in [-0.3, -0.25) is 9.69 Å². The van der Waals surface area contributed by atoms with Gasteiger partial charge in [-0.15, -0.1) is 11.3 Å². The van der Waals surface area contributed by atoms with E-state index < -0.39 is 0 Å². The summed E-state index contributed by atoms with van der Waals surface area (Å²) in [6, 6.07) is 4.29. The second-order valence-corrected chi connectivity index (χ2v) is 8.06. The standard InChI is InChI=1S/C19H30N2O2S/c22-19(6-2-1-4-18-5-3-15-24-18)21-9-7-17(8-10-21)16-20-11-13-23-14-12-20/h3,5,15,17H,1-2,4,6-14,16H2. The van der Waals surface area contributed by atoms with Gasteiger partial charge < -0.3 is 9.64 Å². The highest BCUT2D eigenvalue weighted by Gasteiger charge is 2.24. The summed E-state index contributed by atoms with van der Waals surface area (Å²) in [6.45, 7) is 7.00. The lowest BCUT2D eigenvalue weighted by Gasteiger charge is -2.36. The van der Waals surface area contributed by atoms with Gasteiger partial charge in [-0.05, 0) is 49.5 Å². The molecule has 0 spiro atoms. The van der Waals surface area contributed by atoms with Crippen molar-refractivity contribution in [3.63, 3.8) is 0 Å². The maximum atomic E-state index is 12.4. The summed E-state index contributed by atoms with van der Waals surface area (Å²) < 4.78 is 5.41. The predicted molar refractivity (Wildman–Crippen MR) is 98.4 cm³/mol. The Kier molecular flexibility index (Phi) is 7.12. The first-order valence-electron chi connectivity index (χ1n) is 9.41. The molecule has 0 bridgehead atoms. The monoisotopic (exact) mass is 350 g/mol. The molecule has 4 nitrogen and oxygen atoms in total. The number of carbonyl (C=O) groups is 1. The molecule has 0 N–H and O–H groups in total. The summed E-state index contributed by atoms with van der Waals surface area (Å²) >= 11 is 1.82. The Balaban J connectivity index is 1.28. The second-order valence-electron chi connectivity index (χ2n) is 7.02. The van der Waals surface area contributed by atoms with Crippen molar-refractivity contribution in [1.82, 2.24) is 9.80 Å². The summed E-state index contributed by atoms with van der Waals surface area (Å²) in [5, 5.41) is 2.13. The SMILES string of the molecule is O=C(CCCCc1cccs1)N1CCC(CN2CCOCC2)CC1. The first kappa shape index (κ1) is 17.9. The highest BCUT2D eigenvalue weighted by atomic mass is 32.1. The number of amides is 1. The number of likely N-dealkylation sites (tertiary alicyclic amines) is 1. The first-order valence-corrected chi connectivity index (χ1v) is 10.3.